The molecule has 0 aliphatic rings. The second kappa shape index (κ2) is 4.72. The zero-order valence-corrected chi connectivity index (χ0v) is 11.0. The fourth-order valence-corrected chi connectivity index (χ4v) is 1.90. The summed E-state index contributed by atoms with van der Waals surface area (Å²) in [4.78, 5) is 0. The number of hydrogen-bond acceptors (Lipinski definition) is 3. The third kappa shape index (κ3) is 2.42. The number of halogens is 1. The van der Waals surface area contributed by atoms with E-state index in [4.69, 9.17) is 15.9 Å². The molecule has 1 aromatic carbocycles. The fraction of sp³-hybridized carbons (Fsp3) is 0.231. The van der Waals surface area contributed by atoms with E-state index in [-0.39, 0.29) is 11.7 Å². The van der Waals surface area contributed by atoms with E-state index >= 15 is 0 Å². The maximum atomic E-state index is 13.0. The van der Waals surface area contributed by atoms with E-state index in [1.807, 2.05) is 0 Å². The van der Waals surface area contributed by atoms with Crippen molar-refractivity contribution in [1.29, 1.82) is 5.41 Å². The van der Waals surface area contributed by atoms with Crippen LogP contribution in [0.15, 0.2) is 18.2 Å². The Bertz CT molecular complexity index is 648. The molecule has 2 aromatic rings. The van der Waals surface area contributed by atoms with Gasteiger partial charge in [0, 0.05) is 7.05 Å². The molecule has 0 bridgehead atoms. The van der Waals surface area contributed by atoms with E-state index in [1.165, 1.54) is 22.9 Å². The molecule has 5 nitrogen and oxygen atoms in total. The Morgan fingerprint density at radius 1 is 1.42 bits per heavy atom. The van der Waals surface area contributed by atoms with Gasteiger partial charge in [0.25, 0.3) is 0 Å². The first kappa shape index (κ1) is 13.1. The SMILES string of the molecule is Cc1cc(F)ccc1Oc1c(C(=N)N)c(C)nn1C. The lowest BCUT2D eigenvalue weighted by atomic mass is 10.2. The van der Waals surface area contributed by atoms with Crippen molar-refractivity contribution in [3.05, 3.63) is 40.8 Å². The van der Waals surface area contributed by atoms with E-state index < -0.39 is 0 Å². The van der Waals surface area contributed by atoms with Gasteiger partial charge >= 0.3 is 0 Å². The molecule has 3 N–H and O–H groups in total. The van der Waals surface area contributed by atoms with Crippen LogP contribution in [0.3, 0.4) is 0 Å². The molecule has 0 fully saturated rings. The second-order valence-corrected chi connectivity index (χ2v) is 4.31. The Morgan fingerprint density at radius 2 is 2.11 bits per heavy atom. The molecule has 0 saturated carbocycles. The maximum Gasteiger partial charge on any atom is 0.228 e. The summed E-state index contributed by atoms with van der Waals surface area (Å²) in [5.74, 6) is 0.449. The summed E-state index contributed by atoms with van der Waals surface area (Å²) in [6, 6.07) is 4.24. The van der Waals surface area contributed by atoms with Crippen LogP contribution in [0.4, 0.5) is 4.39 Å². The van der Waals surface area contributed by atoms with Gasteiger partial charge in [-0.1, -0.05) is 0 Å². The van der Waals surface area contributed by atoms with Gasteiger partial charge in [-0.3, -0.25) is 5.41 Å². The van der Waals surface area contributed by atoms with Crippen molar-refractivity contribution in [1.82, 2.24) is 9.78 Å². The number of ether oxygens (including phenoxy) is 1. The van der Waals surface area contributed by atoms with Gasteiger partial charge in [-0.05, 0) is 37.6 Å². The molecule has 0 unspecified atom stereocenters. The largest absolute Gasteiger partial charge is 0.438 e. The average molecular weight is 262 g/mol. The number of rotatable bonds is 3. The number of benzene rings is 1. The molecule has 0 saturated heterocycles. The number of hydrogen-bond donors (Lipinski definition) is 2. The number of aryl methyl sites for hydroxylation is 3. The van der Waals surface area contributed by atoms with Crippen LogP contribution >= 0.6 is 0 Å². The molecule has 1 aromatic heterocycles. The number of nitrogens with zero attached hydrogens (tertiary/aromatic N) is 2. The molecule has 2 rings (SSSR count). The molecule has 19 heavy (non-hydrogen) atoms. The summed E-state index contributed by atoms with van der Waals surface area (Å²) in [6.45, 7) is 3.50. The molecule has 0 atom stereocenters. The topological polar surface area (TPSA) is 76.9 Å². The van der Waals surface area contributed by atoms with Crippen molar-refractivity contribution in [3.8, 4) is 11.6 Å². The highest BCUT2D eigenvalue weighted by Crippen LogP contribution is 2.29. The van der Waals surface area contributed by atoms with Crippen LogP contribution in [0.1, 0.15) is 16.8 Å². The van der Waals surface area contributed by atoms with Crippen molar-refractivity contribution < 1.29 is 9.13 Å². The molecule has 0 aliphatic heterocycles. The maximum absolute atomic E-state index is 13.0. The normalized spacial score (nSPS) is 10.5. The third-order valence-electron chi connectivity index (χ3n) is 2.78. The summed E-state index contributed by atoms with van der Waals surface area (Å²) in [7, 11) is 1.70. The molecule has 1 heterocycles. The summed E-state index contributed by atoms with van der Waals surface area (Å²) < 4.78 is 20.3. The van der Waals surface area contributed by atoms with Crippen LogP contribution in [0.5, 0.6) is 11.6 Å². The van der Waals surface area contributed by atoms with Crippen molar-refractivity contribution in [2.24, 2.45) is 12.8 Å². The fourth-order valence-electron chi connectivity index (χ4n) is 1.90. The van der Waals surface area contributed by atoms with Crippen molar-refractivity contribution >= 4 is 5.84 Å². The van der Waals surface area contributed by atoms with Crippen LogP contribution in [-0.4, -0.2) is 15.6 Å². The minimum Gasteiger partial charge on any atom is -0.438 e. The number of amidine groups is 1. The van der Waals surface area contributed by atoms with Crippen molar-refractivity contribution in [2.45, 2.75) is 13.8 Å². The average Bonchev–Trinajstić information content (AvgIpc) is 2.57. The van der Waals surface area contributed by atoms with Gasteiger partial charge in [-0.15, -0.1) is 0 Å². The lowest BCUT2D eigenvalue weighted by Crippen LogP contribution is -2.13. The van der Waals surface area contributed by atoms with Crippen LogP contribution < -0.4 is 10.5 Å². The van der Waals surface area contributed by atoms with Crippen LogP contribution in [-0.2, 0) is 7.05 Å². The first-order valence-corrected chi connectivity index (χ1v) is 5.72. The molecule has 0 spiro atoms. The van der Waals surface area contributed by atoms with Crippen molar-refractivity contribution in [3.63, 3.8) is 0 Å². The summed E-state index contributed by atoms with van der Waals surface area (Å²) in [5, 5.41) is 11.7. The molecule has 0 amide bonds. The highest BCUT2D eigenvalue weighted by Gasteiger charge is 2.18. The standard InChI is InChI=1S/C13H15FN4O/c1-7-6-9(14)4-5-10(7)19-13-11(12(15)16)8(2)17-18(13)3/h4-6H,1-3H3,(H3,15,16). The van der Waals surface area contributed by atoms with E-state index in [1.54, 1.807) is 20.9 Å². The summed E-state index contributed by atoms with van der Waals surface area (Å²) in [5.41, 5.74) is 7.26. The van der Waals surface area contributed by atoms with Gasteiger partial charge in [0.2, 0.25) is 5.88 Å². The highest BCUT2D eigenvalue weighted by atomic mass is 19.1. The Balaban J connectivity index is 2.46. The molecule has 0 radical (unpaired) electrons. The summed E-state index contributed by atoms with van der Waals surface area (Å²) >= 11 is 0. The zero-order chi connectivity index (χ0) is 14.2. The number of aromatic nitrogens is 2. The lowest BCUT2D eigenvalue weighted by molar-refractivity contribution is 0.425. The monoisotopic (exact) mass is 262 g/mol. The van der Waals surface area contributed by atoms with Gasteiger partial charge in [-0.2, -0.15) is 5.10 Å². The number of nitrogens with one attached hydrogen (secondary N) is 1. The van der Waals surface area contributed by atoms with E-state index in [0.717, 1.165) is 0 Å². The Hall–Kier alpha value is -2.37. The van der Waals surface area contributed by atoms with E-state index in [0.29, 0.717) is 28.5 Å². The first-order valence-electron chi connectivity index (χ1n) is 5.72. The van der Waals surface area contributed by atoms with Crippen molar-refractivity contribution in [2.75, 3.05) is 0 Å². The summed E-state index contributed by atoms with van der Waals surface area (Å²) in [6.07, 6.45) is 0. The van der Waals surface area contributed by atoms with Gasteiger partial charge in [0.05, 0.1) is 5.69 Å². The molecular formula is C13H15FN4O. The molecule has 6 heteroatoms. The van der Waals surface area contributed by atoms with Crippen LogP contribution in [0.25, 0.3) is 0 Å². The van der Waals surface area contributed by atoms with Gasteiger partial charge < -0.3 is 10.5 Å². The van der Waals surface area contributed by atoms with Gasteiger partial charge in [0.1, 0.15) is 23.0 Å². The third-order valence-corrected chi connectivity index (χ3v) is 2.78. The second-order valence-electron chi connectivity index (χ2n) is 4.31. The molecule has 100 valence electrons. The molecular weight excluding hydrogens is 247 g/mol. The highest BCUT2D eigenvalue weighted by molar-refractivity contribution is 5.98. The predicted octanol–water partition coefficient (Wildman–Crippen LogP) is 2.25. The minimum absolute atomic E-state index is 0.111. The quantitative estimate of drug-likeness (QED) is 0.658. The number of nitrogens with two attached hydrogens (primary N) is 1. The Kier molecular flexibility index (Phi) is 3.25. The zero-order valence-electron chi connectivity index (χ0n) is 11.0. The van der Waals surface area contributed by atoms with E-state index in [2.05, 4.69) is 5.10 Å². The Morgan fingerprint density at radius 3 is 2.68 bits per heavy atom. The first-order chi connectivity index (χ1) is 8.90. The van der Waals surface area contributed by atoms with Crippen LogP contribution in [0, 0.1) is 25.1 Å². The predicted molar refractivity (Wildman–Crippen MR) is 70.2 cm³/mol. The Labute approximate surface area is 110 Å². The lowest BCUT2D eigenvalue weighted by Gasteiger charge is -2.10. The van der Waals surface area contributed by atoms with Crippen LogP contribution in [0.2, 0.25) is 0 Å². The van der Waals surface area contributed by atoms with E-state index in [9.17, 15) is 4.39 Å². The van der Waals surface area contributed by atoms with Gasteiger partial charge in [-0.25, -0.2) is 9.07 Å². The smallest absolute Gasteiger partial charge is 0.228 e. The van der Waals surface area contributed by atoms with Gasteiger partial charge in [0.15, 0.2) is 0 Å². The minimum atomic E-state index is -0.321. The number of nitrogen functional groups attached to an aromatic ring is 1. The molecule has 0 aliphatic carbocycles.